The Labute approximate surface area is 212 Å². The van der Waals surface area contributed by atoms with Gasteiger partial charge in [0.2, 0.25) is 0 Å². The molecule has 1 amide bonds. The van der Waals surface area contributed by atoms with Crippen LogP contribution < -0.4 is 10.6 Å². The lowest BCUT2D eigenvalue weighted by Crippen LogP contribution is -2.36. The summed E-state index contributed by atoms with van der Waals surface area (Å²) in [6, 6.07) is 15.9. The van der Waals surface area contributed by atoms with Gasteiger partial charge in [-0.2, -0.15) is 0 Å². The molecule has 0 aliphatic carbocycles. The highest BCUT2D eigenvalue weighted by atomic mass is 127. The van der Waals surface area contributed by atoms with E-state index < -0.39 is 0 Å². The Hall–Kier alpha value is -2.55. The summed E-state index contributed by atoms with van der Waals surface area (Å²) in [5, 5.41) is 7.80. The van der Waals surface area contributed by atoms with Gasteiger partial charge >= 0.3 is 0 Å². The molecule has 0 saturated carbocycles. The second-order valence-electron chi connectivity index (χ2n) is 8.24. The van der Waals surface area contributed by atoms with Crippen molar-refractivity contribution in [1.29, 1.82) is 0 Å². The summed E-state index contributed by atoms with van der Waals surface area (Å²) in [5.74, 6) is 1.79. The molecule has 2 aromatic carbocycles. The third kappa shape index (κ3) is 6.28. The molecule has 0 bridgehead atoms. The number of halogens is 1. The standard InChI is InChI=1S/C26H32N4O2.HI/c1-3-27-26(29-18-24-19(2)22-9-5-6-10-23(22)32-24)28-17-20-11-13-21(14-12-20)25(31)30-15-7-4-8-16-30;/h5-6,9-14H,3-4,7-8,15-18H2,1-2H3,(H2,27,28,29);1H. The van der Waals surface area contributed by atoms with Crippen molar-refractivity contribution in [1.82, 2.24) is 15.5 Å². The Bertz CT molecular complexity index is 1090. The van der Waals surface area contributed by atoms with Crippen molar-refractivity contribution in [3.63, 3.8) is 0 Å². The molecule has 4 rings (SSSR count). The monoisotopic (exact) mass is 560 g/mol. The van der Waals surface area contributed by atoms with Gasteiger partial charge in [-0.1, -0.05) is 30.3 Å². The number of rotatable bonds is 6. The Kier molecular flexibility index (Phi) is 9.17. The van der Waals surface area contributed by atoms with Crippen LogP contribution in [0.2, 0.25) is 0 Å². The molecule has 0 unspecified atom stereocenters. The number of hydrogen-bond acceptors (Lipinski definition) is 3. The molecule has 3 aromatic rings. The van der Waals surface area contributed by atoms with E-state index in [9.17, 15) is 4.79 Å². The minimum atomic E-state index is 0. The average Bonchev–Trinajstić information content (AvgIpc) is 3.17. The number of guanidine groups is 1. The minimum absolute atomic E-state index is 0. The first-order chi connectivity index (χ1) is 15.7. The molecule has 1 aliphatic rings. The predicted molar refractivity (Wildman–Crippen MR) is 144 cm³/mol. The van der Waals surface area contributed by atoms with E-state index in [2.05, 4.69) is 23.6 Å². The number of hydrogen-bond donors (Lipinski definition) is 2. The highest BCUT2D eigenvalue weighted by Gasteiger charge is 2.17. The van der Waals surface area contributed by atoms with E-state index in [0.717, 1.165) is 71.9 Å². The fourth-order valence-corrected chi connectivity index (χ4v) is 4.10. The largest absolute Gasteiger partial charge is 0.459 e. The number of para-hydroxylation sites is 1. The normalized spacial score (nSPS) is 14.1. The predicted octanol–water partition coefficient (Wildman–Crippen LogP) is 5.24. The molecule has 2 heterocycles. The molecule has 1 aromatic heterocycles. The summed E-state index contributed by atoms with van der Waals surface area (Å²) in [6.45, 7) is 7.74. The zero-order valence-electron chi connectivity index (χ0n) is 19.4. The van der Waals surface area contributed by atoms with Crippen LogP contribution in [0.25, 0.3) is 11.0 Å². The van der Waals surface area contributed by atoms with Crippen molar-refractivity contribution in [2.75, 3.05) is 19.6 Å². The highest BCUT2D eigenvalue weighted by molar-refractivity contribution is 14.0. The number of aryl methyl sites for hydroxylation is 1. The molecular formula is C26H33IN4O2. The summed E-state index contributed by atoms with van der Waals surface area (Å²) in [5.41, 5.74) is 3.88. The molecule has 1 fully saturated rings. The second kappa shape index (κ2) is 12.1. The average molecular weight is 560 g/mol. The lowest BCUT2D eigenvalue weighted by molar-refractivity contribution is 0.0724. The van der Waals surface area contributed by atoms with Gasteiger partial charge < -0.3 is 20.0 Å². The van der Waals surface area contributed by atoms with Crippen LogP contribution in [-0.4, -0.2) is 36.4 Å². The molecule has 1 aliphatic heterocycles. The highest BCUT2D eigenvalue weighted by Crippen LogP contribution is 2.24. The van der Waals surface area contributed by atoms with Crippen molar-refractivity contribution in [3.8, 4) is 0 Å². The molecule has 2 N–H and O–H groups in total. The first-order valence-electron chi connectivity index (χ1n) is 11.5. The summed E-state index contributed by atoms with van der Waals surface area (Å²) >= 11 is 0. The molecular weight excluding hydrogens is 527 g/mol. The number of carbonyl (C=O) groups excluding carboxylic acids is 1. The maximum Gasteiger partial charge on any atom is 0.253 e. The lowest BCUT2D eigenvalue weighted by Gasteiger charge is -2.26. The van der Waals surface area contributed by atoms with Crippen LogP contribution in [0, 0.1) is 6.92 Å². The Morgan fingerprint density at radius 2 is 1.76 bits per heavy atom. The molecule has 7 heteroatoms. The van der Waals surface area contributed by atoms with Crippen LogP contribution in [0.4, 0.5) is 0 Å². The molecule has 0 spiro atoms. The summed E-state index contributed by atoms with van der Waals surface area (Å²) in [4.78, 5) is 19.3. The van der Waals surface area contributed by atoms with E-state index in [-0.39, 0.29) is 29.9 Å². The molecule has 33 heavy (non-hydrogen) atoms. The van der Waals surface area contributed by atoms with E-state index in [1.165, 1.54) is 6.42 Å². The Balaban J connectivity index is 0.00000306. The van der Waals surface area contributed by atoms with Crippen LogP contribution in [0.3, 0.4) is 0 Å². The van der Waals surface area contributed by atoms with Crippen molar-refractivity contribution >= 4 is 46.8 Å². The van der Waals surface area contributed by atoms with Gasteiger partial charge in [0.25, 0.3) is 5.91 Å². The van der Waals surface area contributed by atoms with E-state index in [1.54, 1.807) is 0 Å². The van der Waals surface area contributed by atoms with Crippen molar-refractivity contribution in [2.24, 2.45) is 4.99 Å². The zero-order chi connectivity index (χ0) is 22.3. The van der Waals surface area contributed by atoms with Crippen LogP contribution in [0.1, 0.15) is 53.4 Å². The van der Waals surface area contributed by atoms with E-state index in [4.69, 9.17) is 9.41 Å². The Morgan fingerprint density at radius 3 is 2.45 bits per heavy atom. The van der Waals surface area contributed by atoms with Crippen molar-refractivity contribution in [2.45, 2.75) is 46.2 Å². The van der Waals surface area contributed by atoms with Gasteiger partial charge in [-0.15, -0.1) is 24.0 Å². The summed E-state index contributed by atoms with van der Waals surface area (Å²) in [7, 11) is 0. The van der Waals surface area contributed by atoms with Crippen molar-refractivity contribution in [3.05, 3.63) is 71.0 Å². The first kappa shape index (κ1) is 25.1. The number of carbonyl (C=O) groups is 1. The molecule has 0 atom stereocenters. The number of benzene rings is 2. The van der Waals surface area contributed by atoms with Gasteiger partial charge in [-0.25, -0.2) is 4.99 Å². The topological polar surface area (TPSA) is 69.9 Å². The maximum atomic E-state index is 12.6. The molecule has 1 saturated heterocycles. The fraction of sp³-hybridized carbons (Fsp3) is 0.385. The number of piperidine rings is 1. The van der Waals surface area contributed by atoms with Gasteiger partial charge in [0, 0.05) is 36.1 Å². The number of furan rings is 1. The SMILES string of the molecule is CCNC(=NCc1ccc(C(=O)N2CCCCC2)cc1)NCc1oc2ccccc2c1C.I. The van der Waals surface area contributed by atoms with E-state index in [1.807, 2.05) is 54.3 Å². The number of nitrogens with zero attached hydrogens (tertiary/aromatic N) is 2. The summed E-state index contributed by atoms with van der Waals surface area (Å²) < 4.78 is 5.99. The first-order valence-corrected chi connectivity index (χ1v) is 11.5. The van der Waals surface area contributed by atoms with E-state index in [0.29, 0.717) is 13.1 Å². The Morgan fingerprint density at radius 1 is 1.03 bits per heavy atom. The van der Waals surface area contributed by atoms with Crippen LogP contribution in [-0.2, 0) is 13.1 Å². The number of nitrogens with one attached hydrogen (secondary N) is 2. The van der Waals surface area contributed by atoms with Crippen LogP contribution in [0.5, 0.6) is 0 Å². The van der Waals surface area contributed by atoms with Crippen LogP contribution in [0.15, 0.2) is 57.9 Å². The molecule has 176 valence electrons. The third-order valence-electron chi connectivity index (χ3n) is 5.97. The van der Waals surface area contributed by atoms with Crippen LogP contribution >= 0.6 is 24.0 Å². The number of fused-ring (bicyclic) bond motifs is 1. The van der Waals surface area contributed by atoms with Crippen molar-refractivity contribution < 1.29 is 9.21 Å². The van der Waals surface area contributed by atoms with Gasteiger partial charge in [0.1, 0.15) is 11.3 Å². The third-order valence-corrected chi connectivity index (χ3v) is 5.97. The van der Waals surface area contributed by atoms with Gasteiger partial charge in [-0.3, -0.25) is 4.79 Å². The second-order valence-corrected chi connectivity index (χ2v) is 8.24. The van der Waals surface area contributed by atoms with E-state index >= 15 is 0 Å². The van der Waals surface area contributed by atoms with Gasteiger partial charge in [0.15, 0.2) is 5.96 Å². The minimum Gasteiger partial charge on any atom is -0.459 e. The number of likely N-dealkylation sites (tertiary alicyclic amines) is 1. The van der Waals surface area contributed by atoms with Gasteiger partial charge in [0.05, 0.1) is 13.1 Å². The quantitative estimate of drug-likeness (QED) is 0.246. The smallest absolute Gasteiger partial charge is 0.253 e. The number of aliphatic imine (C=N–C) groups is 1. The number of amides is 1. The maximum absolute atomic E-state index is 12.6. The lowest BCUT2D eigenvalue weighted by atomic mass is 10.1. The summed E-state index contributed by atoms with van der Waals surface area (Å²) in [6.07, 6.45) is 3.43. The van der Waals surface area contributed by atoms with Gasteiger partial charge in [-0.05, 0) is 56.9 Å². The molecule has 6 nitrogen and oxygen atoms in total. The molecule has 0 radical (unpaired) electrons. The fourth-order valence-electron chi connectivity index (χ4n) is 4.10. The zero-order valence-corrected chi connectivity index (χ0v) is 21.7.